The Labute approximate surface area is 98.9 Å². The van der Waals surface area contributed by atoms with Crippen molar-refractivity contribution in [2.45, 2.75) is 63.7 Å². The highest BCUT2D eigenvalue weighted by Gasteiger charge is 2.28. The van der Waals surface area contributed by atoms with Gasteiger partial charge < -0.3 is 14.8 Å². The van der Waals surface area contributed by atoms with Crippen LogP contribution < -0.4 is 5.32 Å². The summed E-state index contributed by atoms with van der Waals surface area (Å²) >= 11 is 0. The molecule has 16 heavy (non-hydrogen) atoms. The van der Waals surface area contributed by atoms with Gasteiger partial charge in [0.05, 0.1) is 18.8 Å². The van der Waals surface area contributed by atoms with Gasteiger partial charge in [-0.1, -0.05) is 6.92 Å². The Hall–Kier alpha value is -0.120. The van der Waals surface area contributed by atoms with Gasteiger partial charge in [-0.05, 0) is 45.1 Å². The van der Waals surface area contributed by atoms with Crippen LogP contribution in [0, 0.1) is 0 Å². The van der Waals surface area contributed by atoms with Crippen LogP contribution in [0.15, 0.2) is 0 Å². The quantitative estimate of drug-likeness (QED) is 0.780. The average molecular weight is 227 g/mol. The SMILES string of the molecule is CCNC1CCCC1OCC1CCCCO1. The molecule has 0 aromatic rings. The van der Waals surface area contributed by atoms with E-state index in [9.17, 15) is 0 Å². The molecule has 3 atom stereocenters. The second-order valence-electron chi connectivity index (χ2n) is 4.96. The normalized spacial score (nSPS) is 35.4. The van der Waals surface area contributed by atoms with Gasteiger partial charge in [0, 0.05) is 12.6 Å². The van der Waals surface area contributed by atoms with Crippen molar-refractivity contribution in [3.63, 3.8) is 0 Å². The highest BCUT2D eigenvalue weighted by molar-refractivity contribution is 4.84. The molecular weight excluding hydrogens is 202 g/mol. The molecule has 1 N–H and O–H groups in total. The van der Waals surface area contributed by atoms with Gasteiger partial charge in [0.25, 0.3) is 0 Å². The monoisotopic (exact) mass is 227 g/mol. The van der Waals surface area contributed by atoms with Crippen LogP contribution in [0.5, 0.6) is 0 Å². The Morgan fingerprint density at radius 2 is 2.12 bits per heavy atom. The van der Waals surface area contributed by atoms with Crippen molar-refractivity contribution in [3.8, 4) is 0 Å². The van der Waals surface area contributed by atoms with Crippen LogP contribution in [-0.4, -0.2) is 38.0 Å². The van der Waals surface area contributed by atoms with Gasteiger partial charge in [-0.3, -0.25) is 0 Å². The van der Waals surface area contributed by atoms with Gasteiger partial charge >= 0.3 is 0 Å². The predicted octanol–water partition coefficient (Wildman–Crippen LogP) is 2.10. The van der Waals surface area contributed by atoms with Gasteiger partial charge in [-0.15, -0.1) is 0 Å². The first-order valence-electron chi connectivity index (χ1n) is 6.86. The largest absolute Gasteiger partial charge is 0.376 e. The maximum absolute atomic E-state index is 6.02. The maximum Gasteiger partial charge on any atom is 0.0808 e. The number of likely N-dealkylation sites (N-methyl/N-ethyl adjacent to an activating group) is 1. The van der Waals surface area contributed by atoms with Crippen LogP contribution in [0.4, 0.5) is 0 Å². The molecule has 0 radical (unpaired) electrons. The van der Waals surface area contributed by atoms with Crippen molar-refractivity contribution in [2.75, 3.05) is 19.8 Å². The Balaban J connectivity index is 1.67. The molecule has 2 fully saturated rings. The lowest BCUT2D eigenvalue weighted by Gasteiger charge is -2.26. The van der Waals surface area contributed by atoms with E-state index >= 15 is 0 Å². The third kappa shape index (κ3) is 3.44. The Morgan fingerprint density at radius 1 is 1.19 bits per heavy atom. The predicted molar refractivity (Wildman–Crippen MR) is 64.6 cm³/mol. The van der Waals surface area contributed by atoms with E-state index in [1.165, 1.54) is 38.5 Å². The van der Waals surface area contributed by atoms with Crippen LogP contribution in [0.25, 0.3) is 0 Å². The van der Waals surface area contributed by atoms with Crippen molar-refractivity contribution in [2.24, 2.45) is 0 Å². The lowest BCUT2D eigenvalue weighted by molar-refractivity contribution is -0.0661. The van der Waals surface area contributed by atoms with E-state index in [0.717, 1.165) is 19.8 Å². The minimum absolute atomic E-state index is 0.358. The zero-order chi connectivity index (χ0) is 11.2. The molecule has 0 bridgehead atoms. The molecule has 2 rings (SSSR count). The van der Waals surface area contributed by atoms with E-state index in [4.69, 9.17) is 9.47 Å². The standard InChI is InChI=1S/C13H25NO2/c1-2-14-12-7-5-8-13(12)16-10-11-6-3-4-9-15-11/h11-14H,2-10H2,1H3. The summed E-state index contributed by atoms with van der Waals surface area (Å²) in [6, 6.07) is 0.577. The second kappa shape index (κ2) is 6.58. The van der Waals surface area contributed by atoms with E-state index in [1.807, 2.05) is 0 Å². The Kier molecular flexibility index (Phi) is 5.07. The summed E-state index contributed by atoms with van der Waals surface area (Å²) < 4.78 is 11.7. The molecule has 1 saturated carbocycles. The summed E-state index contributed by atoms with van der Waals surface area (Å²) in [5, 5.41) is 3.52. The fraction of sp³-hybridized carbons (Fsp3) is 1.00. The Bertz CT molecular complexity index is 192. The molecule has 94 valence electrons. The van der Waals surface area contributed by atoms with Gasteiger partial charge in [0.2, 0.25) is 0 Å². The molecule has 2 aliphatic rings. The first-order chi connectivity index (χ1) is 7.90. The minimum atomic E-state index is 0.358. The van der Waals surface area contributed by atoms with Gasteiger partial charge in [-0.25, -0.2) is 0 Å². The fourth-order valence-electron chi connectivity index (χ4n) is 2.79. The smallest absolute Gasteiger partial charge is 0.0808 e. The number of hydrogen-bond donors (Lipinski definition) is 1. The first kappa shape index (κ1) is 12.3. The number of ether oxygens (including phenoxy) is 2. The minimum Gasteiger partial charge on any atom is -0.376 e. The lowest BCUT2D eigenvalue weighted by atomic mass is 10.1. The molecule has 1 aliphatic carbocycles. The topological polar surface area (TPSA) is 30.5 Å². The van der Waals surface area contributed by atoms with Crippen LogP contribution in [-0.2, 0) is 9.47 Å². The van der Waals surface area contributed by atoms with Crippen molar-refractivity contribution < 1.29 is 9.47 Å². The zero-order valence-electron chi connectivity index (χ0n) is 10.4. The van der Waals surface area contributed by atoms with Crippen molar-refractivity contribution in [1.29, 1.82) is 0 Å². The van der Waals surface area contributed by atoms with Crippen molar-refractivity contribution in [3.05, 3.63) is 0 Å². The van der Waals surface area contributed by atoms with Crippen LogP contribution in [0.3, 0.4) is 0 Å². The summed E-state index contributed by atoms with van der Waals surface area (Å²) in [5.74, 6) is 0. The fourth-order valence-corrected chi connectivity index (χ4v) is 2.79. The Morgan fingerprint density at radius 3 is 2.88 bits per heavy atom. The molecule has 3 heteroatoms. The van der Waals surface area contributed by atoms with Crippen LogP contribution in [0.1, 0.15) is 45.4 Å². The molecule has 3 nitrogen and oxygen atoms in total. The molecule has 0 spiro atoms. The molecule has 3 unspecified atom stereocenters. The van der Waals surface area contributed by atoms with Crippen molar-refractivity contribution in [1.82, 2.24) is 5.32 Å². The van der Waals surface area contributed by atoms with E-state index in [2.05, 4.69) is 12.2 Å². The number of nitrogens with one attached hydrogen (secondary N) is 1. The maximum atomic E-state index is 6.02. The summed E-state index contributed by atoms with van der Waals surface area (Å²) in [7, 11) is 0. The molecule has 1 saturated heterocycles. The van der Waals surface area contributed by atoms with E-state index < -0.39 is 0 Å². The summed E-state index contributed by atoms with van der Waals surface area (Å²) in [4.78, 5) is 0. The molecule has 0 aromatic carbocycles. The molecule has 0 amide bonds. The second-order valence-corrected chi connectivity index (χ2v) is 4.96. The zero-order valence-corrected chi connectivity index (χ0v) is 10.4. The molecular formula is C13H25NO2. The van der Waals surface area contributed by atoms with Crippen molar-refractivity contribution >= 4 is 0 Å². The third-order valence-electron chi connectivity index (χ3n) is 3.69. The summed E-state index contributed by atoms with van der Waals surface area (Å²) in [6.07, 6.45) is 8.26. The number of rotatable bonds is 5. The molecule has 0 aromatic heterocycles. The molecule has 1 aliphatic heterocycles. The highest BCUT2D eigenvalue weighted by atomic mass is 16.5. The van der Waals surface area contributed by atoms with E-state index in [-0.39, 0.29) is 0 Å². The summed E-state index contributed by atoms with van der Waals surface area (Å²) in [5.41, 5.74) is 0. The van der Waals surface area contributed by atoms with Gasteiger partial charge in [0.1, 0.15) is 0 Å². The van der Waals surface area contributed by atoms with Gasteiger partial charge in [-0.2, -0.15) is 0 Å². The first-order valence-corrected chi connectivity index (χ1v) is 6.86. The van der Waals surface area contributed by atoms with E-state index in [0.29, 0.717) is 18.2 Å². The third-order valence-corrected chi connectivity index (χ3v) is 3.69. The number of hydrogen-bond acceptors (Lipinski definition) is 3. The lowest BCUT2D eigenvalue weighted by Crippen LogP contribution is -2.39. The van der Waals surface area contributed by atoms with Crippen LogP contribution in [0.2, 0.25) is 0 Å². The van der Waals surface area contributed by atoms with Crippen LogP contribution >= 0.6 is 0 Å². The van der Waals surface area contributed by atoms with E-state index in [1.54, 1.807) is 0 Å². The molecule has 1 heterocycles. The highest BCUT2D eigenvalue weighted by Crippen LogP contribution is 2.23. The summed E-state index contributed by atoms with van der Waals surface area (Å²) in [6.45, 7) is 4.94. The van der Waals surface area contributed by atoms with Gasteiger partial charge in [0.15, 0.2) is 0 Å². The average Bonchev–Trinajstić information content (AvgIpc) is 2.76.